The molecule has 0 aliphatic heterocycles. The van der Waals surface area contributed by atoms with Crippen molar-refractivity contribution in [1.82, 2.24) is 5.32 Å². The topological polar surface area (TPSA) is 29.1 Å². The van der Waals surface area contributed by atoms with E-state index in [1.54, 1.807) is 0 Å². The molecule has 0 fully saturated rings. The van der Waals surface area contributed by atoms with Crippen molar-refractivity contribution in [1.29, 1.82) is 0 Å². The predicted octanol–water partition coefficient (Wildman–Crippen LogP) is 3.55. The van der Waals surface area contributed by atoms with Crippen molar-refractivity contribution in [3.63, 3.8) is 0 Å². The van der Waals surface area contributed by atoms with Crippen LogP contribution in [0.5, 0.6) is 0 Å². The maximum Gasteiger partial charge on any atom is 0.254 e. The maximum absolute atomic E-state index is 13.6. The molecular weight excluding hydrogens is 277 g/mol. The van der Waals surface area contributed by atoms with Crippen molar-refractivity contribution < 1.29 is 9.18 Å². The lowest BCUT2D eigenvalue weighted by atomic mass is 9.77. The largest absolute Gasteiger partial charge is 0.351 e. The highest BCUT2D eigenvalue weighted by molar-refractivity contribution is 6.31. The molecule has 3 rings (SSSR count). The van der Waals surface area contributed by atoms with Crippen molar-refractivity contribution in [2.45, 2.75) is 12.3 Å². The second-order valence-corrected chi connectivity index (χ2v) is 5.37. The number of fused-ring (bicyclic) bond motifs is 1. The quantitative estimate of drug-likeness (QED) is 0.920. The molecule has 1 unspecified atom stereocenters. The van der Waals surface area contributed by atoms with Gasteiger partial charge in [0.05, 0.1) is 5.56 Å². The monoisotopic (exact) mass is 289 g/mol. The molecule has 0 saturated heterocycles. The highest BCUT2D eigenvalue weighted by Crippen LogP contribution is 2.34. The van der Waals surface area contributed by atoms with Gasteiger partial charge in [-0.05, 0) is 35.7 Å². The van der Waals surface area contributed by atoms with Crippen LogP contribution in [0.1, 0.15) is 27.4 Å². The molecule has 0 aromatic heterocycles. The zero-order valence-electron chi connectivity index (χ0n) is 10.7. The Morgan fingerprint density at radius 2 is 2.10 bits per heavy atom. The van der Waals surface area contributed by atoms with E-state index in [0.29, 0.717) is 17.5 Å². The molecule has 1 aliphatic rings. The first-order chi connectivity index (χ1) is 9.65. The molecule has 102 valence electrons. The first kappa shape index (κ1) is 13.1. The van der Waals surface area contributed by atoms with Gasteiger partial charge in [0.2, 0.25) is 0 Å². The molecule has 0 radical (unpaired) electrons. The molecule has 0 saturated carbocycles. The lowest BCUT2D eigenvalue weighted by Gasteiger charge is -2.30. The Hall–Kier alpha value is -1.87. The first-order valence-electron chi connectivity index (χ1n) is 6.46. The van der Waals surface area contributed by atoms with Crippen LogP contribution < -0.4 is 5.32 Å². The summed E-state index contributed by atoms with van der Waals surface area (Å²) in [7, 11) is 0. The summed E-state index contributed by atoms with van der Waals surface area (Å²) in [6, 6.07) is 12.1. The third-order valence-electron chi connectivity index (χ3n) is 3.64. The number of rotatable bonds is 3. The molecule has 20 heavy (non-hydrogen) atoms. The van der Waals surface area contributed by atoms with Crippen molar-refractivity contribution in [3.8, 4) is 0 Å². The summed E-state index contributed by atoms with van der Waals surface area (Å²) in [6.07, 6.45) is 0.953. The average molecular weight is 290 g/mol. The van der Waals surface area contributed by atoms with Gasteiger partial charge in [-0.25, -0.2) is 4.39 Å². The van der Waals surface area contributed by atoms with Crippen molar-refractivity contribution >= 4 is 17.5 Å². The molecule has 2 aromatic carbocycles. The van der Waals surface area contributed by atoms with Gasteiger partial charge >= 0.3 is 0 Å². The van der Waals surface area contributed by atoms with Crippen LogP contribution >= 0.6 is 11.6 Å². The minimum absolute atomic E-state index is 0.00916. The van der Waals surface area contributed by atoms with Crippen LogP contribution in [-0.4, -0.2) is 12.5 Å². The molecule has 1 N–H and O–H groups in total. The van der Waals surface area contributed by atoms with Crippen LogP contribution in [-0.2, 0) is 6.42 Å². The van der Waals surface area contributed by atoms with Crippen LogP contribution in [0.15, 0.2) is 42.5 Å². The van der Waals surface area contributed by atoms with Crippen molar-refractivity contribution in [2.24, 2.45) is 0 Å². The molecule has 1 atom stereocenters. The van der Waals surface area contributed by atoms with Gasteiger partial charge in [0.1, 0.15) is 5.82 Å². The van der Waals surface area contributed by atoms with Gasteiger partial charge in [-0.3, -0.25) is 4.79 Å². The predicted molar refractivity (Wildman–Crippen MR) is 76.6 cm³/mol. The Balaban J connectivity index is 1.65. The van der Waals surface area contributed by atoms with Crippen LogP contribution in [0.4, 0.5) is 4.39 Å². The van der Waals surface area contributed by atoms with E-state index in [4.69, 9.17) is 11.6 Å². The van der Waals surface area contributed by atoms with E-state index in [9.17, 15) is 9.18 Å². The number of carbonyl (C=O) groups excluding carboxylic acids is 1. The molecule has 2 aromatic rings. The van der Waals surface area contributed by atoms with Crippen LogP contribution in [0.25, 0.3) is 0 Å². The van der Waals surface area contributed by atoms with Gasteiger partial charge in [0.15, 0.2) is 0 Å². The van der Waals surface area contributed by atoms with E-state index in [1.807, 2.05) is 12.1 Å². The van der Waals surface area contributed by atoms with E-state index in [0.717, 1.165) is 6.42 Å². The fourth-order valence-electron chi connectivity index (χ4n) is 2.53. The van der Waals surface area contributed by atoms with Crippen LogP contribution in [0.3, 0.4) is 0 Å². The zero-order valence-corrected chi connectivity index (χ0v) is 11.5. The highest BCUT2D eigenvalue weighted by atomic mass is 35.5. The number of benzene rings is 2. The highest BCUT2D eigenvalue weighted by Gasteiger charge is 2.26. The average Bonchev–Trinajstić information content (AvgIpc) is 2.42. The number of hydrogen-bond donors (Lipinski definition) is 1. The smallest absolute Gasteiger partial charge is 0.254 e. The van der Waals surface area contributed by atoms with E-state index in [2.05, 4.69) is 17.4 Å². The second-order valence-electron chi connectivity index (χ2n) is 4.93. The standard InChI is InChI=1S/C16H13ClFNO/c17-12-5-6-15(18)14(8-12)16(20)19-9-11-7-10-3-1-2-4-13(10)11/h1-6,8,11H,7,9H2,(H,19,20). The third kappa shape index (κ3) is 2.41. The summed E-state index contributed by atoms with van der Waals surface area (Å²) in [4.78, 5) is 12.0. The summed E-state index contributed by atoms with van der Waals surface area (Å²) in [5, 5.41) is 3.12. The Morgan fingerprint density at radius 3 is 2.90 bits per heavy atom. The van der Waals surface area contributed by atoms with Gasteiger partial charge in [0.25, 0.3) is 5.91 Å². The summed E-state index contributed by atoms with van der Waals surface area (Å²) in [5.41, 5.74) is 2.57. The van der Waals surface area contributed by atoms with Gasteiger partial charge in [-0.1, -0.05) is 35.9 Å². The van der Waals surface area contributed by atoms with Crippen molar-refractivity contribution in [2.75, 3.05) is 6.54 Å². The Kier molecular flexibility index (Phi) is 3.45. The lowest BCUT2D eigenvalue weighted by Crippen LogP contribution is -2.33. The molecule has 0 spiro atoms. The van der Waals surface area contributed by atoms with Gasteiger partial charge < -0.3 is 5.32 Å². The molecule has 4 heteroatoms. The van der Waals surface area contributed by atoms with Gasteiger partial charge in [0, 0.05) is 17.5 Å². The molecular formula is C16H13ClFNO. The number of nitrogens with one attached hydrogen (secondary N) is 1. The lowest BCUT2D eigenvalue weighted by molar-refractivity contribution is 0.0946. The number of halogens is 2. The zero-order chi connectivity index (χ0) is 14.1. The van der Waals surface area contributed by atoms with E-state index >= 15 is 0 Å². The van der Waals surface area contributed by atoms with Crippen LogP contribution in [0, 0.1) is 5.82 Å². The van der Waals surface area contributed by atoms with E-state index < -0.39 is 11.7 Å². The maximum atomic E-state index is 13.6. The van der Waals surface area contributed by atoms with Gasteiger partial charge in [-0.15, -0.1) is 0 Å². The Labute approximate surface area is 121 Å². The fraction of sp³-hybridized carbons (Fsp3) is 0.188. The molecule has 2 nitrogen and oxygen atoms in total. The molecule has 1 aliphatic carbocycles. The first-order valence-corrected chi connectivity index (χ1v) is 6.84. The van der Waals surface area contributed by atoms with E-state index in [1.165, 1.54) is 29.3 Å². The summed E-state index contributed by atoms with van der Waals surface area (Å²) in [5.74, 6) is -0.660. The fourth-order valence-corrected chi connectivity index (χ4v) is 2.70. The second kappa shape index (κ2) is 5.25. The van der Waals surface area contributed by atoms with E-state index in [-0.39, 0.29) is 5.56 Å². The van der Waals surface area contributed by atoms with Crippen molar-refractivity contribution in [3.05, 3.63) is 70.0 Å². The Bertz CT molecular complexity index is 671. The molecule has 1 amide bonds. The number of hydrogen-bond acceptors (Lipinski definition) is 1. The minimum atomic E-state index is -0.555. The summed E-state index contributed by atoms with van der Waals surface area (Å²) >= 11 is 5.78. The summed E-state index contributed by atoms with van der Waals surface area (Å²) < 4.78 is 13.6. The molecule has 0 heterocycles. The minimum Gasteiger partial charge on any atom is -0.351 e. The van der Waals surface area contributed by atoms with Gasteiger partial charge in [-0.2, -0.15) is 0 Å². The third-order valence-corrected chi connectivity index (χ3v) is 3.88. The SMILES string of the molecule is O=C(NCC1Cc2ccccc21)c1cc(Cl)ccc1F. The molecule has 0 bridgehead atoms. The van der Waals surface area contributed by atoms with Crippen LogP contribution in [0.2, 0.25) is 5.02 Å². The Morgan fingerprint density at radius 1 is 1.30 bits per heavy atom. The normalized spacial score (nSPS) is 16.2. The summed E-state index contributed by atoms with van der Waals surface area (Å²) in [6.45, 7) is 0.516. The number of carbonyl (C=O) groups is 1. The number of amides is 1.